The van der Waals surface area contributed by atoms with E-state index in [0.29, 0.717) is 12.8 Å². The van der Waals surface area contributed by atoms with E-state index in [1.54, 1.807) is 32.1 Å². The van der Waals surface area contributed by atoms with Crippen LogP contribution in [0.25, 0.3) is 0 Å². The van der Waals surface area contributed by atoms with E-state index in [-0.39, 0.29) is 34.1 Å². The smallest absolute Gasteiger partial charge is 0.325 e. The number of carbonyl (C=O) groups is 1. The van der Waals surface area contributed by atoms with Gasteiger partial charge in [0.2, 0.25) is 20.0 Å². The number of fused-ring (bicyclic) bond motifs is 2. The van der Waals surface area contributed by atoms with Gasteiger partial charge in [0, 0.05) is 22.9 Å². The average molecular weight is 677 g/mol. The van der Waals surface area contributed by atoms with E-state index in [1.807, 2.05) is 11.2 Å². The SMILES string of the molecule is C=CC(C)(C)[C@H](NS(=O)(=O)c1ccc(C)cc1)C(=O)O[C@@H]1C[C@H]2CC[C@]1(CS(=O)(=O)N(C1CCCCC1)C1CCCCC1)C2(C)C. The van der Waals surface area contributed by atoms with Crippen molar-refractivity contribution < 1.29 is 26.4 Å². The minimum Gasteiger partial charge on any atom is -0.461 e. The van der Waals surface area contributed by atoms with Gasteiger partial charge in [-0.05, 0) is 75.3 Å². The minimum atomic E-state index is -4.06. The van der Waals surface area contributed by atoms with Gasteiger partial charge in [0.15, 0.2) is 0 Å². The van der Waals surface area contributed by atoms with Gasteiger partial charge in [-0.2, -0.15) is 9.03 Å². The van der Waals surface area contributed by atoms with Crippen LogP contribution in [0, 0.1) is 29.1 Å². The Morgan fingerprint density at radius 2 is 1.52 bits per heavy atom. The van der Waals surface area contributed by atoms with Gasteiger partial charge in [0.1, 0.15) is 12.1 Å². The van der Waals surface area contributed by atoms with Crippen molar-refractivity contribution in [1.29, 1.82) is 0 Å². The Bertz CT molecular complexity index is 1460. The zero-order valence-corrected chi connectivity index (χ0v) is 30.2. The van der Waals surface area contributed by atoms with Gasteiger partial charge in [0.05, 0.1) is 10.6 Å². The summed E-state index contributed by atoms with van der Waals surface area (Å²) >= 11 is 0. The quantitative estimate of drug-likeness (QED) is 0.191. The summed E-state index contributed by atoms with van der Waals surface area (Å²) in [4.78, 5) is 14.2. The first-order valence-corrected chi connectivity index (χ1v) is 20.6. The molecule has 0 aliphatic heterocycles. The molecular formula is C36H56N2O6S2. The summed E-state index contributed by atoms with van der Waals surface area (Å²) in [6, 6.07) is 5.30. The highest BCUT2D eigenvalue weighted by atomic mass is 32.2. The van der Waals surface area contributed by atoms with Crippen molar-refractivity contribution in [2.24, 2.45) is 22.2 Å². The van der Waals surface area contributed by atoms with Gasteiger partial charge < -0.3 is 4.74 Å². The van der Waals surface area contributed by atoms with Crippen LogP contribution in [-0.2, 0) is 29.6 Å². The molecule has 1 aromatic rings. The van der Waals surface area contributed by atoms with Gasteiger partial charge in [0.25, 0.3) is 0 Å². The summed E-state index contributed by atoms with van der Waals surface area (Å²) in [5.41, 5.74) is -1.17. The molecule has 0 aromatic heterocycles. The predicted molar refractivity (Wildman–Crippen MR) is 182 cm³/mol. The van der Waals surface area contributed by atoms with Crippen molar-refractivity contribution in [2.75, 3.05) is 5.75 Å². The molecule has 4 fully saturated rings. The predicted octanol–water partition coefficient (Wildman–Crippen LogP) is 6.89. The molecule has 4 atom stereocenters. The van der Waals surface area contributed by atoms with E-state index in [1.165, 1.54) is 12.1 Å². The Labute approximate surface area is 278 Å². The largest absolute Gasteiger partial charge is 0.461 e. The fraction of sp³-hybridized carbons (Fsp3) is 0.750. The van der Waals surface area contributed by atoms with Crippen molar-refractivity contribution in [3.63, 3.8) is 0 Å². The van der Waals surface area contributed by atoms with Crippen LogP contribution in [0.2, 0.25) is 0 Å². The molecular weight excluding hydrogens is 621 g/mol. The first-order chi connectivity index (χ1) is 21.5. The molecule has 0 saturated heterocycles. The van der Waals surface area contributed by atoms with Crippen molar-refractivity contribution in [2.45, 2.75) is 147 Å². The molecule has 0 unspecified atom stereocenters. The highest BCUT2D eigenvalue weighted by Crippen LogP contribution is 2.67. The normalized spacial score (nSPS) is 28.3. The second-order valence-electron chi connectivity index (χ2n) is 15.8. The van der Waals surface area contributed by atoms with E-state index >= 15 is 0 Å². The lowest BCUT2D eigenvalue weighted by Gasteiger charge is -2.46. The lowest BCUT2D eigenvalue weighted by Crippen LogP contribution is -2.56. The maximum Gasteiger partial charge on any atom is 0.325 e. The molecule has 258 valence electrons. The summed E-state index contributed by atoms with van der Waals surface area (Å²) in [6.45, 7) is 13.6. The number of nitrogens with one attached hydrogen (secondary N) is 1. The van der Waals surface area contributed by atoms with Gasteiger partial charge in [-0.15, -0.1) is 6.58 Å². The number of aryl methyl sites for hydroxylation is 1. The number of hydrogen-bond donors (Lipinski definition) is 1. The fourth-order valence-corrected chi connectivity index (χ4v) is 13.3. The van der Waals surface area contributed by atoms with Crippen LogP contribution in [-0.4, -0.2) is 57.1 Å². The lowest BCUT2D eigenvalue weighted by molar-refractivity contribution is -0.161. The molecule has 46 heavy (non-hydrogen) atoms. The van der Waals surface area contributed by atoms with Crippen molar-refractivity contribution >= 4 is 26.0 Å². The van der Waals surface area contributed by atoms with E-state index < -0.39 is 49.0 Å². The number of esters is 1. The number of rotatable bonds is 12. The highest BCUT2D eigenvalue weighted by Gasteiger charge is 2.67. The zero-order valence-electron chi connectivity index (χ0n) is 28.6. The molecule has 0 heterocycles. The number of nitrogens with zero attached hydrogens (tertiary/aromatic N) is 1. The van der Waals surface area contributed by atoms with Crippen LogP contribution in [0.4, 0.5) is 0 Å². The molecule has 4 aliphatic carbocycles. The number of benzene rings is 1. The Morgan fingerprint density at radius 1 is 0.978 bits per heavy atom. The summed E-state index contributed by atoms with van der Waals surface area (Å²) in [5.74, 6) is -0.519. The van der Waals surface area contributed by atoms with Gasteiger partial charge in [-0.25, -0.2) is 16.8 Å². The molecule has 0 spiro atoms. The summed E-state index contributed by atoms with van der Waals surface area (Å²) in [6.07, 6.45) is 13.2. The van der Waals surface area contributed by atoms with E-state index in [4.69, 9.17) is 4.74 Å². The van der Waals surface area contributed by atoms with Crippen LogP contribution in [0.3, 0.4) is 0 Å². The topological polar surface area (TPSA) is 110 Å². The average Bonchev–Trinajstić information content (AvgIpc) is 3.36. The highest BCUT2D eigenvalue weighted by molar-refractivity contribution is 7.89. The molecule has 1 aromatic carbocycles. The Kier molecular flexibility index (Phi) is 10.3. The molecule has 1 N–H and O–H groups in total. The second-order valence-corrected chi connectivity index (χ2v) is 19.4. The van der Waals surface area contributed by atoms with Crippen LogP contribution in [0.15, 0.2) is 41.8 Å². The monoisotopic (exact) mass is 676 g/mol. The molecule has 4 aliphatic rings. The standard InChI is InChI=1S/C36H56N2O6S2/c1-7-34(3,4)32(37-46(42,43)30-20-18-26(2)19-21-30)33(39)44-31-24-27-22-23-36(31,35(27,5)6)25-45(40,41)38(28-14-10-8-11-15-28)29-16-12-9-13-17-29/h7,18-21,27-29,31-32,37H,1,8-17,22-25H2,2-6H3/t27-,31-,32-,36-/m1/s1. The fourth-order valence-electron chi connectivity index (χ4n) is 9.10. The zero-order chi connectivity index (χ0) is 33.5. The van der Waals surface area contributed by atoms with Crippen molar-refractivity contribution in [3.05, 3.63) is 42.5 Å². The van der Waals surface area contributed by atoms with E-state index in [9.17, 15) is 21.6 Å². The lowest BCUT2D eigenvalue weighted by atomic mass is 9.69. The van der Waals surface area contributed by atoms with Crippen molar-refractivity contribution in [3.8, 4) is 0 Å². The van der Waals surface area contributed by atoms with Crippen LogP contribution in [0.1, 0.15) is 117 Å². The number of hydrogen-bond acceptors (Lipinski definition) is 6. The Morgan fingerprint density at radius 3 is 2.02 bits per heavy atom. The van der Waals surface area contributed by atoms with Crippen LogP contribution >= 0.6 is 0 Å². The van der Waals surface area contributed by atoms with Gasteiger partial charge >= 0.3 is 5.97 Å². The molecule has 10 heteroatoms. The molecule has 0 radical (unpaired) electrons. The van der Waals surface area contributed by atoms with E-state index in [2.05, 4.69) is 25.1 Å². The summed E-state index contributed by atoms with van der Waals surface area (Å²) in [7, 11) is -7.76. The maximum absolute atomic E-state index is 14.8. The minimum absolute atomic E-state index is 0.0370. The number of sulfonamides is 2. The first-order valence-electron chi connectivity index (χ1n) is 17.5. The third-order valence-corrected chi connectivity index (χ3v) is 15.9. The van der Waals surface area contributed by atoms with Gasteiger partial charge in [-0.3, -0.25) is 4.79 Å². The molecule has 8 nitrogen and oxygen atoms in total. The first kappa shape index (κ1) is 35.6. The van der Waals surface area contributed by atoms with Crippen molar-refractivity contribution in [1.82, 2.24) is 9.03 Å². The van der Waals surface area contributed by atoms with Crippen LogP contribution in [0.5, 0.6) is 0 Å². The maximum atomic E-state index is 14.8. The molecule has 5 rings (SSSR count). The Hall–Kier alpha value is -1.75. The molecule has 4 saturated carbocycles. The van der Waals surface area contributed by atoms with E-state index in [0.717, 1.165) is 76.2 Å². The second kappa shape index (κ2) is 13.3. The summed E-state index contributed by atoms with van der Waals surface area (Å²) < 4.78 is 67.4. The third kappa shape index (κ3) is 6.74. The number of carbonyl (C=O) groups excluding carboxylic acids is 1. The number of ether oxygens (including phenoxy) is 1. The Balaban J connectivity index is 1.44. The molecule has 2 bridgehead atoms. The summed E-state index contributed by atoms with van der Waals surface area (Å²) in [5, 5.41) is 0. The van der Waals surface area contributed by atoms with Gasteiger partial charge in [-0.1, -0.05) is 90.0 Å². The third-order valence-electron chi connectivity index (χ3n) is 12.4. The molecule has 0 amide bonds. The van der Waals surface area contributed by atoms with Crippen LogP contribution < -0.4 is 4.72 Å².